The molecule has 2 saturated heterocycles. The van der Waals surface area contributed by atoms with E-state index in [4.69, 9.17) is 16.3 Å². The zero-order valence-electron chi connectivity index (χ0n) is 10.5. The van der Waals surface area contributed by atoms with Crippen LogP contribution in [0.3, 0.4) is 0 Å². The van der Waals surface area contributed by atoms with E-state index in [0.29, 0.717) is 17.8 Å². The molecule has 2 fully saturated rings. The minimum atomic E-state index is -0.203. The summed E-state index contributed by atoms with van der Waals surface area (Å²) in [5.74, 6) is 1.20. The van der Waals surface area contributed by atoms with E-state index < -0.39 is 0 Å². The van der Waals surface area contributed by atoms with Crippen molar-refractivity contribution in [2.24, 2.45) is 5.92 Å². The van der Waals surface area contributed by atoms with Crippen molar-refractivity contribution in [3.8, 4) is 0 Å². The number of carbonyl (C=O) groups is 1. The molecule has 4 heteroatoms. The first-order valence-electron chi connectivity index (χ1n) is 6.72. The molecule has 0 aromatic heterocycles. The van der Waals surface area contributed by atoms with Gasteiger partial charge in [0.2, 0.25) is 0 Å². The van der Waals surface area contributed by atoms with E-state index in [1.54, 1.807) is 0 Å². The second-order valence-corrected chi connectivity index (χ2v) is 5.59. The minimum Gasteiger partial charge on any atom is -0.368 e. The lowest BCUT2D eigenvalue weighted by atomic mass is 9.96. The van der Waals surface area contributed by atoms with Crippen molar-refractivity contribution in [1.82, 2.24) is 4.90 Å². The number of likely N-dealkylation sites (tertiary alicyclic amines) is 1. The highest BCUT2D eigenvalue weighted by Crippen LogP contribution is 2.27. The smallest absolute Gasteiger partial charge is 0.252 e. The highest BCUT2D eigenvalue weighted by atomic mass is 35.5. The summed E-state index contributed by atoms with van der Waals surface area (Å²) in [6, 6.07) is 0.338. The zero-order valence-corrected chi connectivity index (χ0v) is 11.3. The number of nitrogens with zero attached hydrogens (tertiary/aromatic N) is 1. The van der Waals surface area contributed by atoms with Gasteiger partial charge in [0, 0.05) is 25.1 Å². The van der Waals surface area contributed by atoms with Gasteiger partial charge in [0.15, 0.2) is 0 Å². The maximum absolute atomic E-state index is 12.5. The molecule has 0 radical (unpaired) electrons. The summed E-state index contributed by atoms with van der Waals surface area (Å²) in [6.45, 7) is 3.72. The van der Waals surface area contributed by atoms with Gasteiger partial charge in [0.1, 0.15) is 6.10 Å². The Morgan fingerprint density at radius 3 is 2.88 bits per heavy atom. The fraction of sp³-hybridized carbons (Fsp3) is 0.923. The Kier molecular flexibility index (Phi) is 4.69. The van der Waals surface area contributed by atoms with Crippen LogP contribution in [0.5, 0.6) is 0 Å². The largest absolute Gasteiger partial charge is 0.368 e. The van der Waals surface area contributed by atoms with E-state index in [1.165, 1.54) is 6.42 Å². The molecule has 17 heavy (non-hydrogen) atoms. The van der Waals surface area contributed by atoms with Crippen LogP contribution in [0.4, 0.5) is 0 Å². The molecule has 3 nitrogen and oxygen atoms in total. The summed E-state index contributed by atoms with van der Waals surface area (Å²) >= 11 is 5.82. The van der Waals surface area contributed by atoms with Crippen LogP contribution in [0.25, 0.3) is 0 Å². The molecule has 0 spiro atoms. The average molecular weight is 260 g/mol. The molecule has 0 aromatic rings. The predicted molar refractivity (Wildman–Crippen MR) is 68.2 cm³/mol. The highest BCUT2D eigenvalue weighted by Gasteiger charge is 2.37. The molecule has 98 valence electrons. The third-order valence-corrected chi connectivity index (χ3v) is 4.20. The number of carbonyl (C=O) groups excluding carboxylic acids is 1. The predicted octanol–water partition coefficient (Wildman–Crippen LogP) is 2.42. The van der Waals surface area contributed by atoms with Gasteiger partial charge in [0.05, 0.1) is 0 Å². The quantitative estimate of drug-likeness (QED) is 0.729. The molecular weight excluding hydrogens is 238 g/mol. The molecular formula is C13H22ClNO2. The summed E-state index contributed by atoms with van der Waals surface area (Å²) in [6.07, 6.45) is 5.14. The minimum absolute atomic E-state index is 0.199. The fourth-order valence-electron chi connectivity index (χ4n) is 2.89. The monoisotopic (exact) mass is 259 g/mol. The fourth-order valence-corrected chi connectivity index (χ4v) is 3.14. The van der Waals surface area contributed by atoms with Crippen molar-refractivity contribution < 1.29 is 9.53 Å². The first-order valence-corrected chi connectivity index (χ1v) is 7.25. The normalized spacial score (nSPS) is 34.0. The van der Waals surface area contributed by atoms with E-state index in [1.807, 2.05) is 4.90 Å². The van der Waals surface area contributed by atoms with Crippen molar-refractivity contribution in [2.45, 2.75) is 51.2 Å². The van der Waals surface area contributed by atoms with E-state index in [-0.39, 0.29) is 12.0 Å². The molecule has 0 N–H and O–H groups in total. The van der Waals surface area contributed by atoms with E-state index in [9.17, 15) is 4.79 Å². The van der Waals surface area contributed by atoms with Gasteiger partial charge in [-0.15, -0.1) is 11.6 Å². The number of alkyl halides is 1. The SMILES string of the molecule is CC1CCOC1C(=O)N1CCCCC1CCCl. The zero-order chi connectivity index (χ0) is 12.3. The molecule has 2 rings (SSSR count). The Labute approximate surface area is 108 Å². The Morgan fingerprint density at radius 2 is 2.24 bits per heavy atom. The van der Waals surface area contributed by atoms with Crippen molar-refractivity contribution >= 4 is 17.5 Å². The number of amides is 1. The molecule has 0 bridgehead atoms. The van der Waals surface area contributed by atoms with Crippen LogP contribution in [0, 0.1) is 5.92 Å². The van der Waals surface area contributed by atoms with E-state index in [0.717, 1.165) is 38.8 Å². The van der Waals surface area contributed by atoms with Gasteiger partial charge in [0.25, 0.3) is 5.91 Å². The summed E-state index contributed by atoms with van der Waals surface area (Å²) in [7, 11) is 0. The van der Waals surface area contributed by atoms with Crippen LogP contribution in [0.15, 0.2) is 0 Å². The Bertz CT molecular complexity index is 270. The number of halogens is 1. The number of hydrogen-bond donors (Lipinski definition) is 0. The first-order chi connectivity index (χ1) is 8.24. The maximum atomic E-state index is 12.5. The second-order valence-electron chi connectivity index (χ2n) is 5.22. The summed E-state index contributed by atoms with van der Waals surface area (Å²) in [5.41, 5.74) is 0. The van der Waals surface area contributed by atoms with Gasteiger partial charge >= 0.3 is 0 Å². The maximum Gasteiger partial charge on any atom is 0.252 e. The van der Waals surface area contributed by atoms with Gasteiger partial charge in [-0.1, -0.05) is 6.92 Å². The van der Waals surface area contributed by atoms with Crippen molar-refractivity contribution in [2.75, 3.05) is 19.0 Å². The van der Waals surface area contributed by atoms with Gasteiger partial charge in [-0.2, -0.15) is 0 Å². The molecule has 0 aliphatic carbocycles. The third-order valence-electron chi connectivity index (χ3n) is 3.98. The van der Waals surface area contributed by atoms with E-state index in [2.05, 4.69) is 6.92 Å². The van der Waals surface area contributed by atoms with Crippen molar-refractivity contribution in [3.05, 3.63) is 0 Å². The van der Waals surface area contributed by atoms with Gasteiger partial charge in [-0.05, 0) is 38.0 Å². The Morgan fingerprint density at radius 1 is 1.41 bits per heavy atom. The second kappa shape index (κ2) is 6.05. The molecule has 3 atom stereocenters. The highest BCUT2D eigenvalue weighted by molar-refractivity contribution is 6.17. The molecule has 2 aliphatic rings. The molecule has 0 aromatic carbocycles. The van der Waals surface area contributed by atoms with Gasteiger partial charge < -0.3 is 9.64 Å². The van der Waals surface area contributed by atoms with Crippen LogP contribution in [-0.2, 0) is 9.53 Å². The standard InChI is InChI=1S/C13H22ClNO2/c1-10-6-9-17-12(10)13(16)15-8-3-2-4-11(15)5-7-14/h10-12H,2-9H2,1H3. The summed E-state index contributed by atoms with van der Waals surface area (Å²) < 4.78 is 5.58. The summed E-state index contributed by atoms with van der Waals surface area (Å²) in [5, 5.41) is 0. The molecule has 1 amide bonds. The Balaban J connectivity index is 2.00. The lowest BCUT2D eigenvalue weighted by molar-refractivity contribution is -0.146. The summed E-state index contributed by atoms with van der Waals surface area (Å²) in [4.78, 5) is 14.5. The average Bonchev–Trinajstić information content (AvgIpc) is 2.76. The number of ether oxygens (including phenoxy) is 1. The van der Waals surface area contributed by atoms with Gasteiger partial charge in [-0.25, -0.2) is 0 Å². The van der Waals surface area contributed by atoms with Crippen LogP contribution in [0.1, 0.15) is 39.0 Å². The lowest BCUT2D eigenvalue weighted by Gasteiger charge is -2.37. The third kappa shape index (κ3) is 2.94. The number of hydrogen-bond acceptors (Lipinski definition) is 2. The van der Waals surface area contributed by atoms with Crippen molar-refractivity contribution in [3.63, 3.8) is 0 Å². The van der Waals surface area contributed by atoms with Crippen LogP contribution >= 0.6 is 11.6 Å². The Hall–Kier alpha value is -0.280. The van der Waals surface area contributed by atoms with Crippen LogP contribution in [0.2, 0.25) is 0 Å². The molecule has 3 unspecified atom stereocenters. The topological polar surface area (TPSA) is 29.5 Å². The van der Waals surface area contributed by atoms with Crippen LogP contribution in [-0.4, -0.2) is 42.0 Å². The number of piperidine rings is 1. The first kappa shape index (κ1) is 13.2. The van der Waals surface area contributed by atoms with Gasteiger partial charge in [-0.3, -0.25) is 4.79 Å². The molecule has 2 heterocycles. The van der Waals surface area contributed by atoms with Crippen LogP contribution < -0.4 is 0 Å². The number of rotatable bonds is 3. The lowest BCUT2D eigenvalue weighted by Crippen LogP contribution is -2.49. The molecule has 0 saturated carbocycles. The van der Waals surface area contributed by atoms with E-state index >= 15 is 0 Å². The molecule has 2 aliphatic heterocycles. The van der Waals surface area contributed by atoms with Crippen molar-refractivity contribution in [1.29, 1.82) is 0 Å².